The molecule has 2 aromatic heterocycles. The van der Waals surface area contributed by atoms with Gasteiger partial charge in [0.25, 0.3) is 0 Å². The lowest BCUT2D eigenvalue weighted by molar-refractivity contribution is 1.48. The molecule has 0 aliphatic carbocycles. The highest BCUT2D eigenvalue weighted by Crippen LogP contribution is 2.48. The largest absolute Gasteiger partial charge is 0.192 e. The lowest BCUT2D eigenvalue weighted by Gasteiger charge is -2.20. The number of rotatable bonds is 4. The number of hydrogen-bond donors (Lipinski definition) is 0. The van der Waals surface area contributed by atoms with E-state index in [1.807, 2.05) is 40.9 Å². The van der Waals surface area contributed by atoms with Crippen molar-refractivity contribution in [3.63, 3.8) is 0 Å². The van der Waals surface area contributed by atoms with Crippen molar-refractivity contribution in [3.8, 4) is 50.6 Å². The summed E-state index contributed by atoms with van der Waals surface area (Å²) in [6, 6.07) is 56.8. The average molecular weight is 620 g/mol. The molecule has 0 spiro atoms. The fraction of sp³-hybridized carbons (Fsp3) is 0. The van der Waals surface area contributed by atoms with Crippen molar-refractivity contribution in [2.75, 3.05) is 0 Å². The van der Waals surface area contributed by atoms with Crippen LogP contribution in [0.4, 0.5) is 0 Å². The molecular formula is C43H25NS2. The Morgan fingerprint density at radius 2 is 1.04 bits per heavy atom. The molecule has 0 bridgehead atoms. The molecule has 0 aliphatic heterocycles. The van der Waals surface area contributed by atoms with Crippen LogP contribution in [-0.4, -0.2) is 0 Å². The van der Waals surface area contributed by atoms with Crippen LogP contribution in [0.15, 0.2) is 152 Å². The van der Waals surface area contributed by atoms with Crippen LogP contribution in [-0.2, 0) is 0 Å². The van der Waals surface area contributed by atoms with Crippen molar-refractivity contribution in [3.05, 3.63) is 157 Å². The normalized spacial score (nSPS) is 11.5. The molecule has 0 aliphatic rings. The summed E-state index contributed by atoms with van der Waals surface area (Å²) in [4.78, 5) is 0. The van der Waals surface area contributed by atoms with Gasteiger partial charge < -0.3 is 0 Å². The van der Waals surface area contributed by atoms with Crippen molar-refractivity contribution >= 4 is 63.0 Å². The summed E-state index contributed by atoms with van der Waals surface area (Å²) in [5, 5.41) is 14.9. The summed E-state index contributed by atoms with van der Waals surface area (Å²) in [5.74, 6) is 0. The molecule has 0 saturated carbocycles. The van der Waals surface area contributed by atoms with Crippen molar-refractivity contribution in [1.29, 1.82) is 5.26 Å². The molecule has 3 heteroatoms. The minimum Gasteiger partial charge on any atom is -0.192 e. The van der Waals surface area contributed by atoms with Crippen LogP contribution < -0.4 is 0 Å². The van der Waals surface area contributed by atoms with E-state index >= 15 is 0 Å². The zero-order valence-corrected chi connectivity index (χ0v) is 26.3. The van der Waals surface area contributed by atoms with Crippen LogP contribution in [0.25, 0.3) is 84.9 Å². The number of nitrogens with zero attached hydrogens (tertiary/aromatic N) is 1. The minimum atomic E-state index is 0.658. The van der Waals surface area contributed by atoms with E-state index in [1.54, 1.807) is 0 Å². The lowest BCUT2D eigenvalue weighted by atomic mass is 9.83. The number of thiophene rings is 2. The summed E-state index contributed by atoms with van der Waals surface area (Å²) in [6.45, 7) is 0. The first-order valence-electron chi connectivity index (χ1n) is 15.3. The Balaban J connectivity index is 1.42. The third kappa shape index (κ3) is 4.35. The molecule has 2 heterocycles. The van der Waals surface area contributed by atoms with E-state index in [1.165, 1.54) is 73.7 Å². The maximum atomic E-state index is 9.78. The molecular weight excluding hydrogens is 595 g/mol. The van der Waals surface area contributed by atoms with Gasteiger partial charge in [0.1, 0.15) is 0 Å². The zero-order chi connectivity index (χ0) is 30.6. The lowest BCUT2D eigenvalue weighted by Crippen LogP contribution is -1.94. The predicted molar refractivity (Wildman–Crippen MR) is 199 cm³/mol. The predicted octanol–water partition coefficient (Wildman–Crippen LogP) is 13.0. The molecule has 7 aromatic carbocycles. The SMILES string of the molecule is N#Cc1cccc(-c2cc(-c3ccc4c(c3)sc3ccccc34)c(-c3ccccc3)c(-c3cccc4sc5ccccc5c34)c2)c1. The Labute approximate surface area is 274 Å². The molecule has 0 fully saturated rings. The Morgan fingerprint density at radius 1 is 0.391 bits per heavy atom. The van der Waals surface area contributed by atoms with Gasteiger partial charge >= 0.3 is 0 Å². The highest BCUT2D eigenvalue weighted by molar-refractivity contribution is 7.26. The molecule has 0 amide bonds. The van der Waals surface area contributed by atoms with Gasteiger partial charge in [0.15, 0.2) is 0 Å². The second-order valence-electron chi connectivity index (χ2n) is 11.6. The van der Waals surface area contributed by atoms with Gasteiger partial charge in [-0.3, -0.25) is 0 Å². The van der Waals surface area contributed by atoms with Crippen molar-refractivity contribution in [2.24, 2.45) is 0 Å². The highest BCUT2D eigenvalue weighted by atomic mass is 32.1. The molecule has 9 rings (SSSR count). The molecule has 0 saturated heterocycles. The van der Waals surface area contributed by atoms with Crippen LogP contribution in [0.2, 0.25) is 0 Å². The summed E-state index contributed by atoms with van der Waals surface area (Å²) in [7, 11) is 0. The van der Waals surface area contributed by atoms with Gasteiger partial charge in [-0.25, -0.2) is 0 Å². The number of nitriles is 1. The van der Waals surface area contributed by atoms with Crippen molar-refractivity contribution in [1.82, 2.24) is 0 Å². The van der Waals surface area contributed by atoms with Crippen LogP contribution >= 0.6 is 22.7 Å². The third-order valence-electron chi connectivity index (χ3n) is 8.91. The van der Waals surface area contributed by atoms with E-state index in [9.17, 15) is 5.26 Å². The van der Waals surface area contributed by atoms with E-state index in [0.717, 1.165) is 11.1 Å². The van der Waals surface area contributed by atoms with E-state index in [-0.39, 0.29) is 0 Å². The molecule has 9 aromatic rings. The maximum Gasteiger partial charge on any atom is 0.0991 e. The van der Waals surface area contributed by atoms with Gasteiger partial charge in [-0.1, -0.05) is 103 Å². The summed E-state index contributed by atoms with van der Waals surface area (Å²) < 4.78 is 5.15. The Hall–Kier alpha value is -5.53. The Kier molecular flexibility index (Phi) is 6.31. The first-order valence-corrected chi connectivity index (χ1v) is 16.9. The maximum absolute atomic E-state index is 9.78. The monoisotopic (exact) mass is 619 g/mol. The van der Waals surface area contributed by atoms with E-state index in [2.05, 4.69) is 140 Å². The second kappa shape index (κ2) is 10.8. The van der Waals surface area contributed by atoms with Gasteiger partial charge in [-0.15, -0.1) is 22.7 Å². The zero-order valence-electron chi connectivity index (χ0n) is 24.7. The van der Waals surface area contributed by atoms with Gasteiger partial charge in [0, 0.05) is 40.3 Å². The van der Waals surface area contributed by atoms with Gasteiger partial charge in [-0.05, 0) is 93.0 Å². The minimum absolute atomic E-state index is 0.658. The van der Waals surface area contributed by atoms with Gasteiger partial charge in [0.05, 0.1) is 11.6 Å². The summed E-state index contributed by atoms with van der Waals surface area (Å²) in [6.07, 6.45) is 0. The molecule has 0 N–H and O–H groups in total. The van der Waals surface area contributed by atoms with Crippen molar-refractivity contribution < 1.29 is 0 Å². The van der Waals surface area contributed by atoms with Crippen LogP contribution in [0.3, 0.4) is 0 Å². The smallest absolute Gasteiger partial charge is 0.0991 e. The summed E-state index contributed by atoms with van der Waals surface area (Å²) >= 11 is 3.69. The number of benzene rings is 7. The number of hydrogen-bond acceptors (Lipinski definition) is 3. The van der Waals surface area contributed by atoms with E-state index in [0.29, 0.717) is 5.56 Å². The molecule has 1 nitrogen and oxygen atoms in total. The summed E-state index contributed by atoms with van der Waals surface area (Å²) in [5.41, 5.74) is 9.94. The Morgan fingerprint density at radius 3 is 1.89 bits per heavy atom. The van der Waals surface area contributed by atoms with Crippen LogP contribution in [0, 0.1) is 11.3 Å². The van der Waals surface area contributed by atoms with E-state index in [4.69, 9.17) is 0 Å². The molecule has 0 atom stereocenters. The Bertz CT molecular complexity index is 2650. The number of fused-ring (bicyclic) bond motifs is 6. The van der Waals surface area contributed by atoms with Gasteiger partial charge in [-0.2, -0.15) is 5.26 Å². The first-order chi connectivity index (χ1) is 22.7. The molecule has 0 radical (unpaired) electrons. The fourth-order valence-electron chi connectivity index (χ4n) is 6.83. The highest BCUT2D eigenvalue weighted by Gasteiger charge is 2.21. The fourth-order valence-corrected chi connectivity index (χ4v) is 9.10. The topological polar surface area (TPSA) is 23.8 Å². The molecule has 214 valence electrons. The van der Waals surface area contributed by atoms with E-state index < -0.39 is 0 Å². The third-order valence-corrected chi connectivity index (χ3v) is 11.2. The molecule has 46 heavy (non-hydrogen) atoms. The average Bonchev–Trinajstić information content (AvgIpc) is 3.69. The van der Waals surface area contributed by atoms with Crippen LogP contribution in [0.1, 0.15) is 5.56 Å². The molecule has 0 unspecified atom stereocenters. The standard InChI is InChI=1S/C43H25NS2/c44-26-27-10-8-13-29(22-27)31-23-36(30-20-21-33-32-14-4-6-17-38(32)46-41(33)25-30)42(28-11-2-1-3-12-28)37(24-31)34-16-9-19-40-43(34)35-15-5-7-18-39(35)45-40/h1-25H. The first kappa shape index (κ1) is 26.8. The van der Waals surface area contributed by atoms with Gasteiger partial charge in [0.2, 0.25) is 0 Å². The quantitative estimate of drug-likeness (QED) is 0.192. The van der Waals surface area contributed by atoms with Crippen molar-refractivity contribution in [2.45, 2.75) is 0 Å². The second-order valence-corrected chi connectivity index (χ2v) is 13.8. The van der Waals surface area contributed by atoms with Crippen LogP contribution in [0.5, 0.6) is 0 Å².